The number of rotatable bonds is 2. The van der Waals surface area contributed by atoms with E-state index >= 15 is 0 Å². The molecule has 7 heteroatoms. The second kappa shape index (κ2) is 4.94. The fourth-order valence-corrected chi connectivity index (χ4v) is 2.10. The Morgan fingerprint density at radius 1 is 1.37 bits per heavy atom. The van der Waals surface area contributed by atoms with Gasteiger partial charge in [0, 0.05) is 18.0 Å². The van der Waals surface area contributed by atoms with Crippen LogP contribution in [-0.2, 0) is 4.74 Å². The monoisotopic (exact) mass is 263 g/mol. The largest absolute Gasteiger partial charge is 0.368 e. The highest BCUT2D eigenvalue weighted by Gasteiger charge is 2.22. The molecule has 1 aliphatic rings. The van der Waals surface area contributed by atoms with Crippen LogP contribution in [0.25, 0.3) is 11.0 Å². The standard InChI is InChI=1S/C12H13N3O4/c16-11-6-8(3-4-18-11)13-12(17)7-1-2-9-10(5-7)15-19-14-9/h1-2,5,8,11,16H,3-4,6H2,(H,13,17). The molecule has 1 fully saturated rings. The number of nitrogens with zero attached hydrogens (tertiary/aromatic N) is 2. The van der Waals surface area contributed by atoms with Gasteiger partial charge in [-0.25, -0.2) is 4.63 Å². The molecule has 1 aliphatic heterocycles. The van der Waals surface area contributed by atoms with Crippen LogP contribution in [0, 0.1) is 0 Å². The summed E-state index contributed by atoms with van der Waals surface area (Å²) >= 11 is 0. The number of aliphatic hydroxyl groups is 1. The molecule has 0 saturated carbocycles. The first-order chi connectivity index (χ1) is 9.22. The molecular formula is C12H13N3O4. The number of amides is 1. The molecule has 2 heterocycles. The van der Waals surface area contributed by atoms with Crippen molar-refractivity contribution in [1.29, 1.82) is 0 Å². The average Bonchev–Trinajstić information content (AvgIpc) is 2.85. The zero-order valence-electron chi connectivity index (χ0n) is 10.1. The molecule has 2 aromatic rings. The van der Waals surface area contributed by atoms with E-state index in [4.69, 9.17) is 4.74 Å². The predicted octanol–water partition coefficient (Wildman–Crippen LogP) is 0.450. The lowest BCUT2D eigenvalue weighted by atomic mass is 10.1. The summed E-state index contributed by atoms with van der Waals surface area (Å²) in [5, 5.41) is 19.6. The smallest absolute Gasteiger partial charge is 0.251 e. The summed E-state index contributed by atoms with van der Waals surface area (Å²) in [5.74, 6) is -0.205. The van der Waals surface area contributed by atoms with Gasteiger partial charge in [0.05, 0.1) is 6.61 Å². The molecule has 19 heavy (non-hydrogen) atoms. The van der Waals surface area contributed by atoms with Gasteiger partial charge in [0.25, 0.3) is 5.91 Å². The van der Waals surface area contributed by atoms with E-state index in [2.05, 4.69) is 20.3 Å². The number of hydrogen-bond acceptors (Lipinski definition) is 6. The molecule has 100 valence electrons. The molecule has 2 unspecified atom stereocenters. The van der Waals surface area contributed by atoms with Crippen molar-refractivity contribution in [3.63, 3.8) is 0 Å². The zero-order chi connectivity index (χ0) is 13.2. The average molecular weight is 263 g/mol. The lowest BCUT2D eigenvalue weighted by Gasteiger charge is -2.26. The summed E-state index contributed by atoms with van der Waals surface area (Å²) in [7, 11) is 0. The van der Waals surface area contributed by atoms with Gasteiger partial charge in [-0.05, 0) is 34.9 Å². The molecule has 1 amide bonds. The molecule has 2 N–H and O–H groups in total. The van der Waals surface area contributed by atoms with Crippen molar-refractivity contribution in [2.45, 2.75) is 25.2 Å². The lowest BCUT2D eigenvalue weighted by molar-refractivity contribution is -0.130. The van der Waals surface area contributed by atoms with Crippen molar-refractivity contribution < 1.29 is 19.3 Å². The first-order valence-corrected chi connectivity index (χ1v) is 6.05. The van der Waals surface area contributed by atoms with Crippen LogP contribution in [0.4, 0.5) is 0 Å². The maximum absolute atomic E-state index is 12.1. The van der Waals surface area contributed by atoms with Crippen molar-refractivity contribution in [1.82, 2.24) is 15.6 Å². The minimum Gasteiger partial charge on any atom is -0.368 e. The van der Waals surface area contributed by atoms with E-state index in [0.717, 1.165) is 0 Å². The maximum atomic E-state index is 12.1. The topological polar surface area (TPSA) is 97.5 Å². The molecule has 1 aromatic heterocycles. The van der Waals surface area contributed by atoms with E-state index in [0.29, 0.717) is 36.0 Å². The Balaban J connectivity index is 1.72. The third kappa shape index (κ3) is 2.56. The molecule has 0 radical (unpaired) electrons. The fourth-order valence-electron chi connectivity index (χ4n) is 2.10. The number of carbonyl (C=O) groups excluding carboxylic acids is 1. The van der Waals surface area contributed by atoms with Crippen LogP contribution < -0.4 is 5.32 Å². The highest BCUT2D eigenvalue weighted by molar-refractivity contribution is 5.97. The molecule has 0 bridgehead atoms. The normalized spacial score (nSPS) is 23.4. The molecule has 3 rings (SSSR count). The number of ether oxygens (including phenoxy) is 1. The Bertz CT molecular complexity index is 597. The van der Waals surface area contributed by atoms with Gasteiger partial charge in [-0.2, -0.15) is 0 Å². The number of fused-ring (bicyclic) bond motifs is 1. The van der Waals surface area contributed by atoms with Gasteiger partial charge in [0.2, 0.25) is 0 Å². The van der Waals surface area contributed by atoms with Crippen molar-refractivity contribution >= 4 is 16.9 Å². The first-order valence-electron chi connectivity index (χ1n) is 6.05. The Morgan fingerprint density at radius 2 is 2.21 bits per heavy atom. The highest BCUT2D eigenvalue weighted by atomic mass is 16.6. The number of aliphatic hydroxyl groups excluding tert-OH is 1. The van der Waals surface area contributed by atoms with Crippen LogP contribution in [0.15, 0.2) is 22.8 Å². The molecule has 1 saturated heterocycles. The fraction of sp³-hybridized carbons (Fsp3) is 0.417. The Labute approximate surface area is 108 Å². The van der Waals surface area contributed by atoms with Crippen LogP contribution in [-0.4, -0.2) is 40.3 Å². The van der Waals surface area contributed by atoms with Crippen molar-refractivity contribution in [2.24, 2.45) is 0 Å². The van der Waals surface area contributed by atoms with E-state index in [1.807, 2.05) is 0 Å². The number of nitrogens with one attached hydrogen (secondary N) is 1. The van der Waals surface area contributed by atoms with Crippen LogP contribution in [0.3, 0.4) is 0 Å². The predicted molar refractivity (Wildman–Crippen MR) is 64.3 cm³/mol. The van der Waals surface area contributed by atoms with E-state index in [-0.39, 0.29) is 11.9 Å². The maximum Gasteiger partial charge on any atom is 0.251 e. The van der Waals surface area contributed by atoms with E-state index in [9.17, 15) is 9.90 Å². The minimum atomic E-state index is -0.804. The molecule has 0 aliphatic carbocycles. The van der Waals surface area contributed by atoms with E-state index < -0.39 is 6.29 Å². The number of hydrogen-bond donors (Lipinski definition) is 2. The van der Waals surface area contributed by atoms with Crippen LogP contribution in [0.2, 0.25) is 0 Å². The minimum absolute atomic E-state index is 0.0811. The molecule has 0 spiro atoms. The quantitative estimate of drug-likeness (QED) is 0.816. The summed E-state index contributed by atoms with van der Waals surface area (Å²) in [4.78, 5) is 12.1. The zero-order valence-corrected chi connectivity index (χ0v) is 10.1. The first kappa shape index (κ1) is 12.1. The van der Waals surface area contributed by atoms with Gasteiger partial charge >= 0.3 is 0 Å². The lowest BCUT2D eigenvalue weighted by Crippen LogP contribution is -2.41. The summed E-state index contributed by atoms with van der Waals surface area (Å²) in [6.07, 6.45) is 0.289. The Kier molecular flexibility index (Phi) is 3.14. The molecule has 7 nitrogen and oxygen atoms in total. The van der Waals surface area contributed by atoms with Crippen molar-refractivity contribution in [3.05, 3.63) is 23.8 Å². The van der Waals surface area contributed by atoms with Crippen LogP contribution in [0.1, 0.15) is 23.2 Å². The van der Waals surface area contributed by atoms with Gasteiger partial charge in [0.15, 0.2) is 6.29 Å². The summed E-state index contributed by atoms with van der Waals surface area (Å²) in [6, 6.07) is 4.89. The third-order valence-electron chi connectivity index (χ3n) is 3.11. The van der Waals surface area contributed by atoms with Gasteiger partial charge in [-0.15, -0.1) is 0 Å². The summed E-state index contributed by atoms with van der Waals surface area (Å²) < 4.78 is 9.60. The van der Waals surface area contributed by atoms with Gasteiger partial charge in [0.1, 0.15) is 11.0 Å². The SMILES string of the molecule is O=C(NC1CCOC(O)C1)c1ccc2nonc2c1. The number of carbonyl (C=O) groups is 1. The van der Waals surface area contributed by atoms with Crippen molar-refractivity contribution in [3.8, 4) is 0 Å². The van der Waals surface area contributed by atoms with Gasteiger partial charge in [-0.3, -0.25) is 4.79 Å². The van der Waals surface area contributed by atoms with E-state index in [1.54, 1.807) is 18.2 Å². The van der Waals surface area contributed by atoms with E-state index in [1.165, 1.54) is 0 Å². The van der Waals surface area contributed by atoms with Gasteiger partial charge < -0.3 is 15.2 Å². The molecular weight excluding hydrogens is 250 g/mol. The highest BCUT2D eigenvalue weighted by Crippen LogP contribution is 2.14. The third-order valence-corrected chi connectivity index (χ3v) is 3.11. The second-order valence-electron chi connectivity index (χ2n) is 4.49. The van der Waals surface area contributed by atoms with Gasteiger partial charge in [-0.1, -0.05) is 0 Å². The number of aromatic nitrogens is 2. The summed E-state index contributed by atoms with van der Waals surface area (Å²) in [6.45, 7) is 0.443. The molecule has 2 atom stereocenters. The Morgan fingerprint density at radius 3 is 3.05 bits per heavy atom. The van der Waals surface area contributed by atoms with Crippen LogP contribution >= 0.6 is 0 Å². The summed E-state index contributed by atoms with van der Waals surface area (Å²) in [5.41, 5.74) is 1.64. The van der Waals surface area contributed by atoms with Crippen molar-refractivity contribution in [2.75, 3.05) is 6.61 Å². The number of benzene rings is 1. The Hall–Kier alpha value is -1.99. The molecule has 1 aromatic carbocycles. The van der Waals surface area contributed by atoms with Crippen LogP contribution in [0.5, 0.6) is 0 Å². The second-order valence-corrected chi connectivity index (χ2v) is 4.49.